The van der Waals surface area contributed by atoms with Crippen molar-refractivity contribution in [1.29, 1.82) is 0 Å². The Morgan fingerprint density at radius 1 is 1.29 bits per heavy atom. The van der Waals surface area contributed by atoms with E-state index < -0.39 is 11.8 Å². The number of nitrogens with one attached hydrogen (secondary N) is 1. The molecule has 5 nitrogen and oxygen atoms in total. The van der Waals surface area contributed by atoms with Gasteiger partial charge in [-0.05, 0) is 50.3 Å². The van der Waals surface area contributed by atoms with E-state index in [1.54, 1.807) is 29.2 Å². The molecule has 0 bridgehead atoms. The number of carbonyl (C=O) groups is 2. The van der Waals surface area contributed by atoms with Crippen molar-refractivity contribution in [3.05, 3.63) is 29.8 Å². The molecule has 2 amide bonds. The number of carbonyl (C=O) groups excluding carboxylic acids is 2. The van der Waals surface area contributed by atoms with Gasteiger partial charge < -0.3 is 15.3 Å². The van der Waals surface area contributed by atoms with Crippen LogP contribution in [0.5, 0.6) is 5.75 Å². The predicted molar refractivity (Wildman–Crippen MR) is 79.8 cm³/mol. The van der Waals surface area contributed by atoms with Gasteiger partial charge in [0.15, 0.2) is 0 Å². The number of hydrogen-bond donors (Lipinski definition) is 2. The zero-order valence-corrected chi connectivity index (χ0v) is 12.3. The van der Waals surface area contributed by atoms with Crippen LogP contribution in [0, 0.1) is 0 Å². The molecule has 21 heavy (non-hydrogen) atoms. The molecular formula is C16H22N2O3. The summed E-state index contributed by atoms with van der Waals surface area (Å²) in [5.74, 6) is -0.729. The predicted octanol–water partition coefficient (Wildman–Crippen LogP) is 1.45. The summed E-state index contributed by atoms with van der Waals surface area (Å²) in [7, 11) is 0. The summed E-state index contributed by atoms with van der Waals surface area (Å²) in [6.07, 6.45) is 3.69. The molecule has 1 aromatic rings. The highest BCUT2D eigenvalue weighted by atomic mass is 16.3. The van der Waals surface area contributed by atoms with E-state index in [-0.39, 0.29) is 11.8 Å². The van der Waals surface area contributed by atoms with Crippen molar-refractivity contribution < 1.29 is 14.7 Å². The second-order valence-electron chi connectivity index (χ2n) is 5.52. The van der Waals surface area contributed by atoms with Gasteiger partial charge >= 0.3 is 11.8 Å². The molecule has 5 heteroatoms. The van der Waals surface area contributed by atoms with Gasteiger partial charge in [0, 0.05) is 19.1 Å². The second-order valence-corrected chi connectivity index (χ2v) is 5.52. The fourth-order valence-electron chi connectivity index (χ4n) is 2.59. The topological polar surface area (TPSA) is 69.6 Å². The molecule has 1 unspecified atom stereocenters. The molecule has 0 radical (unpaired) electrons. The normalized spacial score (nSPS) is 18.3. The van der Waals surface area contributed by atoms with Crippen LogP contribution in [0.4, 0.5) is 0 Å². The van der Waals surface area contributed by atoms with Gasteiger partial charge in [0.2, 0.25) is 0 Å². The van der Waals surface area contributed by atoms with E-state index in [9.17, 15) is 14.7 Å². The van der Waals surface area contributed by atoms with Crippen LogP contribution in [0.3, 0.4) is 0 Å². The van der Waals surface area contributed by atoms with Crippen molar-refractivity contribution in [2.24, 2.45) is 0 Å². The summed E-state index contributed by atoms with van der Waals surface area (Å²) in [4.78, 5) is 25.6. The average Bonchev–Trinajstić information content (AvgIpc) is 2.49. The van der Waals surface area contributed by atoms with E-state index in [2.05, 4.69) is 5.32 Å². The second kappa shape index (κ2) is 7.11. The summed E-state index contributed by atoms with van der Waals surface area (Å²) >= 11 is 0. The first-order valence-corrected chi connectivity index (χ1v) is 7.44. The fraction of sp³-hybridized carbons (Fsp3) is 0.500. The van der Waals surface area contributed by atoms with Crippen LogP contribution < -0.4 is 5.32 Å². The molecule has 1 atom stereocenters. The van der Waals surface area contributed by atoms with E-state index >= 15 is 0 Å². The quantitative estimate of drug-likeness (QED) is 0.828. The molecule has 2 N–H and O–H groups in total. The molecule has 2 rings (SSSR count). The number of benzene rings is 1. The first kappa shape index (κ1) is 15.4. The van der Waals surface area contributed by atoms with Crippen LogP contribution in [-0.2, 0) is 16.0 Å². The van der Waals surface area contributed by atoms with Crippen molar-refractivity contribution in [1.82, 2.24) is 10.2 Å². The summed E-state index contributed by atoms with van der Waals surface area (Å²) in [6, 6.07) is 6.97. The fourth-order valence-corrected chi connectivity index (χ4v) is 2.59. The zero-order valence-electron chi connectivity index (χ0n) is 12.3. The summed E-state index contributed by atoms with van der Waals surface area (Å²) in [6.45, 7) is 3.07. The molecular weight excluding hydrogens is 268 g/mol. The third kappa shape index (κ3) is 4.21. The van der Waals surface area contributed by atoms with Gasteiger partial charge in [-0.1, -0.05) is 12.1 Å². The monoisotopic (exact) mass is 290 g/mol. The van der Waals surface area contributed by atoms with Crippen molar-refractivity contribution in [2.45, 2.75) is 38.6 Å². The lowest BCUT2D eigenvalue weighted by Gasteiger charge is -2.32. The highest BCUT2D eigenvalue weighted by molar-refractivity contribution is 6.35. The molecule has 1 fully saturated rings. The minimum atomic E-state index is -0.525. The average molecular weight is 290 g/mol. The van der Waals surface area contributed by atoms with Gasteiger partial charge in [-0.3, -0.25) is 9.59 Å². The molecule has 114 valence electrons. The third-order valence-electron chi connectivity index (χ3n) is 3.89. The standard InChI is InChI=1S/C16H22N2O3/c1-12-4-2-3-11-18(12)16(21)15(20)17-10-9-13-5-7-14(19)8-6-13/h5-8,12,19H,2-4,9-11H2,1H3,(H,17,20). The van der Waals surface area contributed by atoms with E-state index in [1.807, 2.05) is 6.92 Å². The molecule has 1 aliphatic heterocycles. The highest BCUT2D eigenvalue weighted by Crippen LogP contribution is 2.16. The van der Waals surface area contributed by atoms with E-state index in [4.69, 9.17) is 0 Å². The Kier molecular flexibility index (Phi) is 5.20. The van der Waals surface area contributed by atoms with Gasteiger partial charge in [-0.25, -0.2) is 0 Å². The number of piperidine rings is 1. The van der Waals surface area contributed by atoms with Gasteiger partial charge in [-0.15, -0.1) is 0 Å². The van der Waals surface area contributed by atoms with Gasteiger partial charge in [0.25, 0.3) is 0 Å². The number of phenols is 1. The molecule has 1 heterocycles. The maximum absolute atomic E-state index is 12.1. The van der Waals surface area contributed by atoms with Crippen LogP contribution in [-0.4, -0.2) is 41.0 Å². The highest BCUT2D eigenvalue weighted by Gasteiger charge is 2.27. The SMILES string of the molecule is CC1CCCCN1C(=O)C(=O)NCCc1ccc(O)cc1. The van der Waals surface area contributed by atoms with Crippen LogP contribution in [0.1, 0.15) is 31.7 Å². The lowest BCUT2D eigenvalue weighted by Crippen LogP contribution is -2.49. The first-order valence-electron chi connectivity index (χ1n) is 7.44. The zero-order chi connectivity index (χ0) is 15.2. The molecule has 0 aliphatic carbocycles. The first-order chi connectivity index (χ1) is 10.1. The number of nitrogens with zero attached hydrogens (tertiary/aromatic N) is 1. The van der Waals surface area contributed by atoms with Crippen LogP contribution in [0.15, 0.2) is 24.3 Å². The molecule has 1 saturated heterocycles. The molecule has 1 aliphatic rings. The van der Waals surface area contributed by atoms with Gasteiger partial charge in [0.05, 0.1) is 0 Å². The third-order valence-corrected chi connectivity index (χ3v) is 3.89. The summed E-state index contributed by atoms with van der Waals surface area (Å²) in [5, 5.41) is 11.9. The lowest BCUT2D eigenvalue weighted by molar-refractivity contribution is -0.148. The minimum Gasteiger partial charge on any atom is -0.508 e. The van der Waals surface area contributed by atoms with Crippen molar-refractivity contribution >= 4 is 11.8 Å². The van der Waals surface area contributed by atoms with Gasteiger partial charge in [-0.2, -0.15) is 0 Å². The number of phenolic OH excluding ortho intramolecular Hbond substituents is 1. The lowest BCUT2D eigenvalue weighted by atomic mass is 10.0. The molecule has 0 spiro atoms. The largest absolute Gasteiger partial charge is 0.508 e. The number of hydrogen-bond acceptors (Lipinski definition) is 3. The van der Waals surface area contributed by atoms with Crippen molar-refractivity contribution in [3.8, 4) is 5.75 Å². The van der Waals surface area contributed by atoms with Crippen LogP contribution >= 0.6 is 0 Å². The maximum atomic E-state index is 12.1. The Balaban J connectivity index is 1.78. The van der Waals surface area contributed by atoms with E-state index in [1.165, 1.54) is 0 Å². The number of rotatable bonds is 3. The number of amides is 2. The van der Waals surface area contributed by atoms with E-state index in [0.29, 0.717) is 19.5 Å². The maximum Gasteiger partial charge on any atom is 0.312 e. The summed E-state index contributed by atoms with van der Waals surface area (Å²) < 4.78 is 0. The Morgan fingerprint density at radius 2 is 2.00 bits per heavy atom. The van der Waals surface area contributed by atoms with Crippen LogP contribution in [0.25, 0.3) is 0 Å². The summed E-state index contributed by atoms with van der Waals surface area (Å²) in [5.41, 5.74) is 1.01. The molecule has 1 aromatic carbocycles. The Morgan fingerprint density at radius 3 is 2.67 bits per heavy atom. The molecule has 0 saturated carbocycles. The number of likely N-dealkylation sites (tertiary alicyclic amines) is 1. The Hall–Kier alpha value is -2.04. The van der Waals surface area contributed by atoms with Crippen molar-refractivity contribution in [2.75, 3.05) is 13.1 Å². The Bertz CT molecular complexity index is 499. The van der Waals surface area contributed by atoms with Gasteiger partial charge in [0.1, 0.15) is 5.75 Å². The van der Waals surface area contributed by atoms with Crippen molar-refractivity contribution in [3.63, 3.8) is 0 Å². The Labute approximate surface area is 125 Å². The number of aromatic hydroxyl groups is 1. The van der Waals surface area contributed by atoms with E-state index in [0.717, 1.165) is 24.8 Å². The van der Waals surface area contributed by atoms with Crippen LogP contribution in [0.2, 0.25) is 0 Å². The minimum absolute atomic E-state index is 0.147. The smallest absolute Gasteiger partial charge is 0.312 e. The molecule has 0 aromatic heterocycles.